The van der Waals surface area contributed by atoms with Gasteiger partial charge >= 0.3 is 6.18 Å². The Morgan fingerprint density at radius 1 is 1.31 bits per heavy atom. The van der Waals surface area contributed by atoms with Crippen molar-refractivity contribution in [2.24, 2.45) is 0 Å². The predicted molar refractivity (Wildman–Crippen MR) is 45.9 cm³/mol. The summed E-state index contributed by atoms with van der Waals surface area (Å²) < 4.78 is 35.8. The average Bonchev–Trinajstić information content (AvgIpc) is 1.94. The van der Waals surface area contributed by atoms with Crippen LogP contribution >= 0.6 is 11.6 Å². The van der Waals surface area contributed by atoms with Crippen LogP contribution in [0.2, 0.25) is 5.02 Å². The summed E-state index contributed by atoms with van der Waals surface area (Å²) in [7, 11) is 0. The van der Waals surface area contributed by atoms with E-state index in [4.69, 9.17) is 11.6 Å². The Labute approximate surface area is 79.3 Å². The fraction of sp³-hybridized carbons (Fsp3) is 0.333. The summed E-state index contributed by atoms with van der Waals surface area (Å²) in [5, 5.41) is 0.492. The third kappa shape index (κ3) is 3.27. The quantitative estimate of drug-likeness (QED) is 0.659. The molecule has 0 heterocycles. The van der Waals surface area contributed by atoms with Gasteiger partial charge in [0.25, 0.3) is 0 Å². The second-order valence-electron chi connectivity index (χ2n) is 2.88. The van der Waals surface area contributed by atoms with Crippen molar-refractivity contribution in [3.8, 4) is 0 Å². The van der Waals surface area contributed by atoms with Crippen LogP contribution in [0.5, 0.6) is 0 Å². The number of alkyl halides is 3. The zero-order chi connectivity index (χ0) is 10.1. The number of hydrogen-bond acceptors (Lipinski definition) is 0. The lowest BCUT2D eigenvalue weighted by Crippen LogP contribution is -2.11. The zero-order valence-corrected chi connectivity index (χ0v) is 7.71. The van der Waals surface area contributed by atoms with Gasteiger partial charge in [0.2, 0.25) is 0 Å². The molecule has 1 aromatic rings. The van der Waals surface area contributed by atoms with E-state index in [2.05, 4.69) is 0 Å². The minimum Gasteiger partial charge on any atom is -0.171 e. The predicted octanol–water partition coefficient (Wildman–Crippen LogP) is 3.75. The molecular weight excluding hydrogens is 201 g/mol. The SMILES string of the molecule is Cc1cc(CC(F)(F)F)ccc1Cl. The van der Waals surface area contributed by atoms with E-state index in [9.17, 15) is 13.2 Å². The molecule has 0 N–H and O–H groups in total. The molecule has 72 valence electrons. The van der Waals surface area contributed by atoms with E-state index >= 15 is 0 Å². The largest absolute Gasteiger partial charge is 0.393 e. The Morgan fingerprint density at radius 2 is 1.92 bits per heavy atom. The van der Waals surface area contributed by atoms with Crippen molar-refractivity contribution in [2.45, 2.75) is 19.5 Å². The molecule has 4 heteroatoms. The van der Waals surface area contributed by atoms with Crippen LogP contribution in [0.15, 0.2) is 18.2 Å². The second kappa shape index (κ2) is 3.58. The summed E-state index contributed by atoms with van der Waals surface area (Å²) in [5.74, 6) is 0. The van der Waals surface area contributed by atoms with Gasteiger partial charge in [-0.05, 0) is 24.1 Å². The molecule has 0 atom stereocenters. The third-order valence-electron chi connectivity index (χ3n) is 1.63. The highest BCUT2D eigenvalue weighted by molar-refractivity contribution is 6.31. The lowest BCUT2D eigenvalue weighted by molar-refractivity contribution is -0.127. The van der Waals surface area contributed by atoms with Gasteiger partial charge in [0.05, 0.1) is 6.42 Å². The standard InChI is InChI=1S/C9H8ClF3/c1-6-4-7(2-3-8(6)10)5-9(11,12)13/h2-4H,5H2,1H3. The Bertz CT molecular complexity index is 304. The summed E-state index contributed by atoms with van der Waals surface area (Å²) >= 11 is 5.67. The van der Waals surface area contributed by atoms with E-state index in [0.717, 1.165) is 0 Å². The molecule has 0 aliphatic rings. The molecule has 0 aromatic heterocycles. The van der Waals surface area contributed by atoms with Gasteiger partial charge in [-0.3, -0.25) is 0 Å². The van der Waals surface area contributed by atoms with Crippen LogP contribution in [0.1, 0.15) is 11.1 Å². The maximum Gasteiger partial charge on any atom is 0.393 e. The molecule has 0 saturated heterocycles. The summed E-state index contributed by atoms with van der Waals surface area (Å²) in [6.45, 7) is 1.68. The van der Waals surface area contributed by atoms with Gasteiger partial charge in [-0.2, -0.15) is 13.2 Å². The summed E-state index contributed by atoms with van der Waals surface area (Å²) in [6.07, 6.45) is -5.05. The van der Waals surface area contributed by atoms with Crippen molar-refractivity contribution >= 4 is 11.6 Å². The fourth-order valence-electron chi connectivity index (χ4n) is 1.05. The van der Waals surface area contributed by atoms with Crippen LogP contribution < -0.4 is 0 Å². The van der Waals surface area contributed by atoms with Crippen molar-refractivity contribution in [2.75, 3.05) is 0 Å². The summed E-state index contributed by atoms with van der Waals surface area (Å²) in [6, 6.07) is 4.33. The zero-order valence-electron chi connectivity index (χ0n) is 6.95. The first-order chi connectivity index (χ1) is 5.88. The normalized spacial score (nSPS) is 11.8. The van der Waals surface area contributed by atoms with Crippen LogP contribution in [0, 0.1) is 6.92 Å². The van der Waals surface area contributed by atoms with Crippen LogP contribution in [0.4, 0.5) is 13.2 Å². The van der Waals surface area contributed by atoms with E-state index in [-0.39, 0.29) is 5.56 Å². The van der Waals surface area contributed by atoms with Crippen LogP contribution in [-0.4, -0.2) is 6.18 Å². The monoisotopic (exact) mass is 208 g/mol. The molecule has 1 rings (SSSR count). The molecule has 13 heavy (non-hydrogen) atoms. The van der Waals surface area contributed by atoms with Crippen LogP contribution in [0.25, 0.3) is 0 Å². The molecule has 0 aliphatic carbocycles. The lowest BCUT2D eigenvalue weighted by atomic mass is 10.1. The van der Waals surface area contributed by atoms with E-state index in [1.54, 1.807) is 6.92 Å². The highest BCUT2D eigenvalue weighted by Gasteiger charge is 2.27. The van der Waals surface area contributed by atoms with E-state index in [1.165, 1.54) is 18.2 Å². The third-order valence-corrected chi connectivity index (χ3v) is 2.05. The lowest BCUT2D eigenvalue weighted by Gasteiger charge is -2.07. The van der Waals surface area contributed by atoms with Gasteiger partial charge in [-0.1, -0.05) is 23.7 Å². The molecule has 0 saturated carbocycles. The van der Waals surface area contributed by atoms with Gasteiger partial charge in [0.15, 0.2) is 0 Å². The van der Waals surface area contributed by atoms with E-state index < -0.39 is 12.6 Å². The highest BCUT2D eigenvalue weighted by Crippen LogP contribution is 2.23. The Morgan fingerprint density at radius 3 is 2.38 bits per heavy atom. The van der Waals surface area contributed by atoms with Crippen molar-refractivity contribution in [3.05, 3.63) is 34.3 Å². The van der Waals surface area contributed by atoms with Gasteiger partial charge in [0.1, 0.15) is 0 Å². The molecule has 0 bridgehead atoms. The topological polar surface area (TPSA) is 0 Å². The van der Waals surface area contributed by atoms with Crippen molar-refractivity contribution in [1.82, 2.24) is 0 Å². The highest BCUT2D eigenvalue weighted by atomic mass is 35.5. The Kier molecular flexibility index (Phi) is 2.86. The second-order valence-corrected chi connectivity index (χ2v) is 3.28. The number of hydrogen-bond donors (Lipinski definition) is 0. The van der Waals surface area contributed by atoms with E-state index in [1.807, 2.05) is 0 Å². The minimum atomic E-state index is -4.15. The Balaban J connectivity index is 2.86. The maximum atomic E-state index is 11.9. The molecule has 0 unspecified atom stereocenters. The molecule has 0 fully saturated rings. The first-order valence-electron chi connectivity index (χ1n) is 3.70. The average molecular weight is 209 g/mol. The van der Waals surface area contributed by atoms with Gasteiger partial charge in [-0.15, -0.1) is 0 Å². The minimum absolute atomic E-state index is 0.245. The van der Waals surface area contributed by atoms with E-state index in [0.29, 0.717) is 10.6 Å². The number of aryl methyl sites for hydroxylation is 1. The van der Waals surface area contributed by atoms with Gasteiger partial charge in [0, 0.05) is 5.02 Å². The van der Waals surface area contributed by atoms with Crippen LogP contribution in [0.3, 0.4) is 0 Å². The molecule has 0 spiro atoms. The number of rotatable bonds is 1. The fourth-order valence-corrected chi connectivity index (χ4v) is 1.17. The first kappa shape index (κ1) is 10.4. The molecule has 1 aromatic carbocycles. The Hall–Kier alpha value is -0.700. The molecule has 0 aliphatic heterocycles. The summed E-state index contributed by atoms with van der Waals surface area (Å²) in [5.41, 5.74) is 0.915. The van der Waals surface area contributed by atoms with Gasteiger partial charge < -0.3 is 0 Å². The summed E-state index contributed by atoms with van der Waals surface area (Å²) in [4.78, 5) is 0. The molecular formula is C9H8ClF3. The first-order valence-corrected chi connectivity index (χ1v) is 4.08. The van der Waals surface area contributed by atoms with Crippen molar-refractivity contribution in [1.29, 1.82) is 0 Å². The van der Waals surface area contributed by atoms with Crippen molar-refractivity contribution < 1.29 is 13.2 Å². The molecule has 0 amide bonds. The van der Waals surface area contributed by atoms with Crippen molar-refractivity contribution in [3.63, 3.8) is 0 Å². The maximum absolute atomic E-state index is 11.9. The van der Waals surface area contributed by atoms with Gasteiger partial charge in [-0.25, -0.2) is 0 Å². The smallest absolute Gasteiger partial charge is 0.171 e. The van der Waals surface area contributed by atoms with Crippen LogP contribution in [-0.2, 0) is 6.42 Å². The molecule has 0 radical (unpaired) electrons. The number of halogens is 4. The number of benzene rings is 1. The molecule has 0 nitrogen and oxygen atoms in total.